The third-order valence-electron chi connectivity index (χ3n) is 4.67. The molecular weight excluding hydrogens is 382 g/mol. The number of hydrogen-bond acceptors (Lipinski definition) is 8. The summed E-state index contributed by atoms with van der Waals surface area (Å²) in [4.78, 5) is 36.5. The molecule has 154 valence electrons. The molecule has 10 nitrogen and oxygen atoms in total. The minimum absolute atomic E-state index is 0.302. The average Bonchev–Trinajstić information content (AvgIpc) is 3.42. The van der Waals surface area contributed by atoms with Crippen molar-refractivity contribution in [2.45, 2.75) is 31.2 Å². The molecule has 2 aliphatic rings. The lowest BCUT2D eigenvalue weighted by Crippen LogP contribution is -2.44. The van der Waals surface area contributed by atoms with Crippen molar-refractivity contribution in [3.8, 4) is 0 Å². The van der Waals surface area contributed by atoms with Gasteiger partial charge < -0.3 is 19.5 Å². The van der Waals surface area contributed by atoms with E-state index in [2.05, 4.69) is 15.0 Å². The third-order valence-corrected chi connectivity index (χ3v) is 4.67. The molecule has 1 aromatic heterocycles. The zero-order chi connectivity index (χ0) is 21.0. The Morgan fingerprint density at radius 3 is 2.24 bits per heavy atom. The number of rotatable bonds is 5. The van der Waals surface area contributed by atoms with E-state index in [1.807, 2.05) is 12.1 Å². The zero-order valence-electron chi connectivity index (χ0n) is 15.8. The van der Waals surface area contributed by atoms with Gasteiger partial charge in [0.25, 0.3) is 0 Å². The maximum absolute atomic E-state index is 11.4. The van der Waals surface area contributed by atoms with E-state index >= 15 is 0 Å². The summed E-state index contributed by atoms with van der Waals surface area (Å²) < 4.78 is 10.1. The maximum Gasteiger partial charge on any atom is 0.414 e. The number of benzene rings is 1. The number of carbonyl (C=O) groups excluding carboxylic acids is 1. The van der Waals surface area contributed by atoms with E-state index in [1.54, 1.807) is 12.1 Å². The molecule has 2 aromatic rings. The normalized spacial score (nSPS) is 16.3. The van der Waals surface area contributed by atoms with Crippen molar-refractivity contribution in [3.05, 3.63) is 47.1 Å². The maximum atomic E-state index is 11.4. The Balaban J connectivity index is 0.000000353. The van der Waals surface area contributed by atoms with Crippen molar-refractivity contribution < 1.29 is 33.9 Å². The molecule has 1 saturated carbocycles. The molecule has 4 rings (SSSR count). The van der Waals surface area contributed by atoms with Crippen LogP contribution in [-0.2, 0) is 20.9 Å². The van der Waals surface area contributed by atoms with E-state index in [1.165, 1.54) is 25.5 Å². The van der Waals surface area contributed by atoms with Crippen LogP contribution < -0.4 is 0 Å². The number of carboxylic acids is 2. The Labute approximate surface area is 166 Å². The van der Waals surface area contributed by atoms with Crippen LogP contribution in [0.15, 0.2) is 28.8 Å². The van der Waals surface area contributed by atoms with Gasteiger partial charge in [0, 0.05) is 25.6 Å². The first-order valence-corrected chi connectivity index (χ1v) is 9.06. The van der Waals surface area contributed by atoms with Crippen LogP contribution in [0.2, 0.25) is 0 Å². The van der Waals surface area contributed by atoms with Gasteiger partial charge in [-0.25, -0.2) is 14.4 Å². The van der Waals surface area contributed by atoms with E-state index in [0.29, 0.717) is 17.4 Å². The first-order valence-electron chi connectivity index (χ1n) is 9.06. The fourth-order valence-corrected chi connectivity index (χ4v) is 2.90. The minimum atomic E-state index is -1.82. The molecule has 2 heterocycles. The number of methoxy groups -OCH3 is 1. The molecule has 0 amide bonds. The van der Waals surface area contributed by atoms with Crippen LogP contribution in [0, 0.1) is 0 Å². The van der Waals surface area contributed by atoms with Crippen molar-refractivity contribution >= 4 is 17.9 Å². The lowest BCUT2D eigenvalue weighted by Gasteiger charge is -2.37. The fourth-order valence-electron chi connectivity index (χ4n) is 2.90. The van der Waals surface area contributed by atoms with Crippen molar-refractivity contribution in [1.82, 2.24) is 15.0 Å². The second-order valence-electron chi connectivity index (χ2n) is 6.95. The number of aliphatic carboxylic acids is 2. The van der Waals surface area contributed by atoms with Gasteiger partial charge >= 0.3 is 17.9 Å². The summed E-state index contributed by atoms with van der Waals surface area (Å²) in [5.41, 5.74) is 1.76. The Morgan fingerprint density at radius 1 is 1.10 bits per heavy atom. The molecule has 0 spiro atoms. The summed E-state index contributed by atoms with van der Waals surface area (Å²) in [7, 11) is 1.39. The zero-order valence-corrected chi connectivity index (χ0v) is 15.8. The smallest absolute Gasteiger partial charge is 0.414 e. The van der Waals surface area contributed by atoms with Gasteiger partial charge in [-0.15, -0.1) is 0 Å². The van der Waals surface area contributed by atoms with Crippen LogP contribution in [0.1, 0.15) is 52.3 Å². The summed E-state index contributed by atoms with van der Waals surface area (Å²) in [5, 5.41) is 18.9. The highest BCUT2D eigenvalue weighted by Gasteiger charge is 2.35. The summed E-state index contributed by atoms with van der Waals surface area (Å²) in [6, 6.07) is 7.55. The Hall–Kier alpha value is -3.27. The molecule has 0 unspecified atom stereocenters. The van der Waals surface area contributed by atoms with Crippen LogP contribution >= 0.6 is 0 Å². The molecule has 10 heteroatoms. The van der Waals surface area contributed by atoms with Gasteiger partial charge in [-0.2, -0.15) is 4.98 Å². The van der Waals surface area contributed by atoms with Gasteiger partial charge in [0.05, 0.1) is 18.6 Å². The van der Waals surface area contributed by atoms with E-state index in [9.17, 15) is 4.79 Å². The standard InChI is InChI=1S/C17H19N3O3.C2H2O4/c1-22-17(21)13-4-2-11(3-5-13)8-20-9-14(10-20)16-18-15(19-23-16)12-6-7-12;3-1(4)2(5)6/h2-5,12,14H,6-10H2,1H3;(H,3,4)(H,5,6). The molecule has 2 fully saturated rings. The van der Waals surface area contributed by atoms with Gasteiger partial charge in [0.2, 0.25) is 5.89 Å². The quantitative estimate of drug-likeness (QED) is 0.556. The molecule has 0 radical (unpaired) electrons. The molecule has 0 bridgehead atoms. The summed E-state index contributed by atoms with van der Waals surface area (Å²) in [6.45, 7) is 2.73. The lowest BCUT2D eigenvalue weighted by molar-refractivity contribution is -0.159. The predicted molar refractivity (Wildman–Crippen MR) is 97.3 cm³/mol. The summed E-state index contributed by atoms with van der Waals surface area (Å²) >= 11 is 0. The molecule has 1 aliphatic carbocycles. The molecule has 1 aliphatic heterocycles. The average molecular weight is 403 g/mol. The number of carbonyl (C=O) groups is 3. The Kier molecular flexibility index (Phi) is 6.23. The van der Waals surface area contributed by atoms with Crippen molar-refractivity contribution in [3.63, 3.8) is 0 Å². The number of hydrogen-bond donors (Lipinski definition) is 2. The SMILES string of the molecule is COC(=O)c1ccc(CN2CC(c3nc(C4CC4)no3)C2)cc1.O=C(O)C(=O)O. The van der Waals surface area contributed by atoms with Gasteiger partial charge in [-0.1, -0.05) is 17.3 Å². The lowest BCUT2D eigenvalue weighted by atomic mass is 9.99. The largest absolute Gasteiger partial charge is 0.473 e. The van der Waals surface area contributed by atoms with Crippen LogP contribution in [0.25, 0.3) is 0 Å². The molecule has 0 atom stereocenters. The molecule has 29 heavy (non-hydrogen) atoms. The first-order chi connectivity index (χ1) is 13.9. The van der Waals surface area contributed by atoms with Crippen molar-refractivity contribution in [2.24, 2.45) is 0 Å². The number of esters is 1. The molecule has 1 aromatic carbocycles. The molecular formula is C19H21N3O7. The van der Waals surface area contributed by atoms with Crippen LogP contribution in [0.4, 0.5) is 0 Å². The topological polar surface area (TPSA) is 143 Å². The third kappa shape index (κ3) is 5.38. The van der Waals surface area contributed by atoms with Gasteiger partial charge in [-0.3, -0.25) is 4.90 Å². The van der Waals surface area contributed by atoms with Crippen molar-refractivity contribution in [1.29, 1.82) is 0 Å². The van der Waals surface area contributed by atoms with Crippen molar-refractivity contribution in [2.75, 3.05) is 20.2 Å². The van der Waals surface area contributed by atoms with E-state index in [4.69, 9.17) is 29.1 Å². The number of carboxylic acid groups (broad SMARTS) is 2. The van der Waals surface area contributed by atoms with Gasteiger partial charge in [-0.05, 0) is 30.5 Å². The monoisotopic (exact) mass is 403 g/mol. The Bertz CT molecular complexity index is 871. The highest BCUT2D eigenvalue weighted by atomic mass is 16.5. The van der Waals surface area contributed by atoms with E-state index in [-0.39, 0.29) is 5.97 Å². The van der Waals surface area contributed by atoms with E-state index in [0.717, 1.165) is 31.3 Å². The molecule has 2 N–H and O–H groups in total. The fraction of sp³-hybridized carbons (Fsp3) is 0.421. The minimum Gasteiger partial charge on any atom is -0.473 e. The van der Waals surface area contributed by atoms with Crippen LogP contribution in [0.5, 0.6) is 0 Å². The predicted octanol–water partition coefficient (Wildman–Crippen LogP) is 1.49. The van der Waals surface area contributed by atoms with Crippen LogP contribution in [-0.4, -0.2) is 63.4 Å². The van der Waals surface area contributed by atoms with Gasteiger partial charge in [0.1, 0.15) is 0 Å². The highest BCUT2D eigenvalue weighted by molar-refractivity contribution is 6.27. The highest BCUT2D eigenvalue weighted by Crippen LogP contribution is 2.39. The second kappa shape index (κ2) is 8.82. The summed E-state index contributed by atoms with van der Waals surface area (Å²) in [6.07, 6.45) is 2.38. The summed E-state index contributed by atoms with van der Waals surface area (Å²) in [5.74, 6) is -1.39. The molecule has 1 saturated heterocycles. The van der Waals surface area contributed by atoms with Gasteiger partial charge in [0.15, 0.2) is 5.82 Å². The Morgan fingerprint density at radius 2 is 1.72 bits per heavy atom. The number of aromatic nitrogens is 2. The van der Waals surface area contributed by atoms with Crippen LogP contribution in [0.3, 0.4) is 0 Å². The first kappa shape index (κ1) is 20.5. The number of likely N-dealkylation sites (tertiary alicyclic amines) is 1. The second-order valence-corrected chi connectivity index (χ2v) is 6.95. The number of ether oxygens (including phenoxy) is 1. The number of nitrogens with zero attached hydrogens (tertiary/aromatic N) is 3. The van der Waals surface area contributed by atoms with E-state index < -0.39 is 11.9 Å².